The van der Waals surface area contributed by atoms with Crippen LogP contribution in [0.3, 0.4) is 0 Å². The minimum atomic E-state index is -0.119. The van der Waals surface area contributed by atoms with E-state index in [1.807, 2.05) is 52.7 Å². The predicted molar refractivity (Wildman–Crippen MR) is 103 cm³/mol. The van der Waals surface area contributed by atoms with Crippen molar-refractivity contribution in [1.82, 2.24) is 4.90 Å². The smallest absolute Gasteiger partial charge is 0.228 e. The molecule has 2 heterocycles. The van der Waals surface area contributed by atoms with Crippen LogP contribution in [0.5, 0.6) is 0 Å². The van der Waals surface area contributed by atoms with Gasteiger partial charge in [-0.25, -0.2) is 0 Å². The molecule has 1 aliphatic heterocycles. The molecular weight excluding hydrogens is 350 g/mol. The van der Waals surface area contributed by atoms with E-state index in [0.717, 1.165) is 23.4 Å². The van der Waals surface area contributed by atoms with Crippen molar-refractivity contribution in [3.63, 3.8) is 0 Å². The second-order valence-corrected chi connectivity index (χ2v) is 7.66. The molecule has 1 aromatic heterocycles. The van der Waals surface area contributed by atoms with E-state index in [-0.39, 0.29) is 11.9 Å². The summed E-state index contributed by atoms with van der Waals surface area (Å²) in [5, 5.41) is 2.72. The zero-order valence-corrected chi connectivity index (χ0v) is 15.3. The number of halogens is 1. The van der Waals surface area contributed by atoms with Gasteiger partial charge in [-0.15, -0.1) is 11.3 Å². The Kier molecular flexibility index (Phi) is 4.60. The molecule has 1 amide bonds. The number of hydrogen-bond acceptors (Lipinski definition) is 2. The van der Waals surface area contributed by atoms with Crippen LogP contribution in [0.15, 0.2) is 66.0 Å². The largest absolute Gasteiger partial charge is 0.331 e. The van der Waals surface area contributed by atoms with Gasteiger partial charge in [0.2, 0.25) is 5.91 Å². The van der Waals surface area contributed by atoms with Crippen LogP contribution in [-0.2, 0) is 17.6 Å². The van der Waals surface area contributed by atoms with E-state index >= 15 is 0 Å². The summed E-state index contributed by atoms with van der Waals surface area (Å²) < 4.78 is 0. The summed E-state index contributed by atoms with van der Waals surface area (Å²) in [6, 6.07) is 20.1. The van der Waals surface area contributed by atoms with Crippen LogP contribution in [0.25, 0.3) is 0 Å². The predicted octanol–water partition coefficient (Wildman–Crippen LogP) is 5.12. The molecule has 0 radical (unpaired) electrons. The SMILES string of the molecule is O=C(Cc1cccs1)N1CCc2ccccc2[C@H]1c1ccccc1Cl. The second-order valence-electron chi connectivity index (χ2n) is 6.22. The molecule has 0 fully saturated rings. The Labute approximate surface area is 156 Å². The first kappa shape index (κ1) is 16.4. The van der Waals surface area contributed by atoms with Crippen LogP contribution in [0.2, 0.25) is 5.02 Å². The van der Waals surface area contributed by atoms with Gasteiger partial charge >= 0.3 is 0 Å². The molecule has 4 rings (SSSR count). The van der Waals surface area contributed by atoms with Crippen molar-refractivity contribution in [2.45, 2.75) is 18.9 Å². The monoisotopic (exact) mass is 367 g/mol. The topological polar surface area (TPSA) is 20.3 Å². The third-order valence-electron chi connectivity index (χ3n) is 4.71. The summed E-state index contributed by atoms with van der Waals surface area (Å²) in [5.74, 6) is 0.155. The third-order valence-corrected chi connectivity index (χ3v) is 5.93. The Morgan fingerprint density at radius 1 is 1.04 bits per heavy atom. The van der Waals surface area contributed by atoms with Gasteiger partial charge < -0.3 is 4.90 Å². The highest BCUT2D eigenvalue weighted by atomic mass is 35.5. The highest BCUT2D eigenvalue weighted by molar-refractivity contribution is 7.10. The number of rotatable bonds is 3. The summed E-state index contributed by atoms with van der Waals surface area (Å²) in [6.45, 7) is 0.719. The molecule has 1 aliphatic rings. The van der Waals surface area contributed by atoms with Crippen molar-refractivity contribution in [1.29, 1.82) is 0 Å². The van der Waals surface area contributed by atoms with Gasteiger partial charge in [-0.2, -0.15) is 0 Å². The first-order valence-corrected chi connectivity index (χ1v) is 9.64. The lowest BCUT2D eigenvalue weighted by Crippen LogP contribution is -2.41. The first-order valence-electron chi connectivity index (χ1n) is 8.38. The van der Waals surface area contributed by atoms with Gasteiger partial charge in [0.25, 0.3) is 0 Å². The van der Waals surface area contributed by atoms with Crippen molar-refractivity contribution < 1.29 is 4.79 Å². The van der Waals surface area contributed by atoms with Gasteiger partial charge in [-0.3, -0.25) is 4.79 Å². The third kappa shape index (κ3) is 3.22. The van der Waals surface area contributed by atoms with Gasteiger partial charge in [-0.1, -0.05) is 60.1 Å². The molecule has 0 unspecified atom stereocenters. The van der Waals surface area contributed by atoms with E-state index in [1.165, 1.54) is 11.1 Å². The Morgan fingerprint density at radius 3 is 2.56 bits per heavy atom. The molecule has 2 aromatic carbocycles. The quantitative estimate of drug-likeness (QED) is 0.629. The van der Waals surface area contributed by atoms with Crippen molar-refractivity contribution in [3.05, 3.63) is 92.6 Å². The fourth-order valence-electron chi connectivity index (χ4n) is 3.53. The molecule has 0 spiro atoms. The molecular formula is C21H18ClNOS. The van der Waals surface area contributed by atoms with Crippen molar-refractivity contribution in [3.8, 4) is 0 Å². The number of nitrogens with zero attached hydrogens (tertiary/aromatic N) is 1. The fraction of sp³-hybridized carbons (Fsp3) is 0.190. The van der Waals surface area contributed by atoms with E-state index in [2.05, 4.69) is 18.2 Å². The molecule has 25 heavy (non-hydrogen) atoms. The van der Waals surface area contributed by atoms with Crippen LogP contribution in [0.4, 0.5) is 0 Å². The Hall–Kier alpha value is -2.10. The molecule has 0 aliphatic carbocycles. The summed E-state index contributed by atoms with van der Waals surface area (Å²) in [4.78, 5) is 16.1. The van der Waals surface area contributed by atoms with Crippen molar-refractivity contribution in [2.24, 2.45) is 0 Å². The molecule has 1 atom stereocenters. The number of carbonyl (C=O) groups is 1. The summed E-state index contributed by atoms with van der Waals surface area (Å²) in [6.07, 6.45) is 1.33. The van der Waals surface area contributed by atoms with Gasteiger partial charge in [0.05, 0.1) is 12.5 Å². The molecule has 0 N–H and O–H groups in total. The lowest BCUT2D eigenvalue weighted by Gasteiger charge is -2.38. The van der Waals surface area contributed by atoms with Crippen molar-refractivity contribution >= 4 is 28.8 Å². The molecule has 2 nitrogen and oxygen atoms in total. The van der Waals surface area contributed by atoms with Gasteiger partial charge in [-0.05, 0) is 40.6 Å². The normalized spacial score (nSPS) is 16.5. The number of fused-ring (bicyclic) bond motifs is 1. The first-order chi connectivity index (χ1) is 12.2. The zero-order chi connectivity index (χ0) is 17.2. The highest BCUT2D eigenvalue weighted by Gasteiger charge is 2.32. The van der Waals surface area contributed by atoms with Gasteiger partial charge in [0, 0.05) is 16.4 Å². The maximum Gasteiger partial charge on any atom is 0.228 e. The van der Waals surface area contributed by atoms with E-state index in [0.29, 0.717) is 11.4 Å². The Morgan fingerprint density at radius 2 is 1.80 bits per heavy atom. The second kappa shape index (κ2) is 7.03. The van der Waals surface area contributed by atoms with E-state index < -0.39 is 0 Å². The number of benzene rings is 2. The summed E-state index contributed by atoms with van der Waals surface area (Å²) in [7, 11) is 0. The van der Waals surface area contributed by atoms with Crippen LogP contribution in [0, 0.1) is 0 Å². The average molecular weight is 368 g/mol. The highest BCUT2D eigenvalue weighted by Crippen LogP contribution is 2.38. The van der Waals surface area contributed by atoms with Crippen LogP contribution in [-0.4, -0.2) is 17.4 Å². The number of amides is 1. The lowest BCUT2D eigenvalue weighted by molar-refractivity contribution is -0.132. The molecule has 0 saturated carbocycles. The van der Waals surface area contributed by atoms with Gasteiger partial charge in [0.1, 0.15) is 0 Å². The van der Waals surface area contributed by atoms with E-state index in [1.54, 1.807) is 11.3 Å². The van der Waals surface area contributed by atoms with Crippen molar-refractivity contribution in [2.75, 3.05) is 6.54 Å². The molecule has 3 aromatic rings. The molecule has 0 saturated heterocycles. The Balaban J connectivity index is 1.75. The standard InChI is InChI=1S/C21H18ClNOS/c22-19-10-4-3-9-18(19)21-17-8-2-1-6-15(17)11-12-23(21)20(24)14-16-7-5-13-25-16/h1-10,13,21H,11-12,14H2/t21-/m0/s1. The Bertz CT molecular complexity index is 890. The minimum absolute atomic E-state index is 0.119. The molecule has 126 valence electrons. The van der Waals surface area contributed by atoms with Crippen LogP contribution < -0.4 is 0 Å². The zero-order valence-electron chi connectivity index (χ0n) is 13.7. The average Bonchev–Trinajstić information content (AvgIpc) is 3.14. The summed E-state index contributed by atoms with van der Waals surface area (Å²) in [5.41, 5.74) is 3.48. The number of thiophene rings is 1. The maximum atomic E-state index is 13.1. The number of hydrogen-bond donors (Lipinski definition) is 0. The van der Waals surface area contributed by atoms with Crippen LogP contribution in [0.1, 0.15) is 27.6 Å². The van der Waals surface area contributed by atoms with E-state index in [4.69, 9.17) is 11.6 Å². The maximum absolute atomic E-state index is 13.1. The van der Waals surface area contributed by atoms with Gasteiger partial charge in [0.15, 0.2) is 0 Å². The van der Waals surface area contributed by atoms with Crippen LogP contribution >= 0.6 is 22.9 Å². The molecule has 0 bridgehead atoms. The fourth-order valence-corrected chi connectivity index (χ4v) is 4.47. The minimum Gasteiger partial charge on any atom is -0.331 e. The van der Waals surface area contributed by atoms with E-state index in [9.17, 15) is 4.79 Å². The lowest BCUT2D eigenvalue weighted by atomic mass is 9.88. The number of carbonyl (C=O) groups excluding carboxylic acids is 1. The molecule has 4 heteroatoms. The summed E-state index contributed by atoms with van der Waals surface area (Å²) >= 11 is 8.13.